The zero-order valence-corrected chi connectivity index (χ0v) is 28.7. The van der Waals surface area contributed by atoms with Crippen molar-refractivity contribution in [1.82, 2.24) is 13.7 Å². The van der Waals surface area contributed by atoms with Crippen molar-refractivity contribution in [3.05, 3.63) is 188 Å². The average Bonchev–Trinajstić information content (AvgIpc) is 3.85. The second kappa shape index (κ2) is 10.7. The Bertz CT molecular complexity index is 3410. The SMILES string of the molecule is c1ccc2cc3cc(-n4c5ccccc5c5cc(-n6c7ccccc7c7c(-n8c9ccccc9c9ccccc98)cccc76)ccc54)ccc3cc2c1. The number of fused-ring (bicyclic) bond motifs is 11. The molecule has 0 spiro atoms. The minimum absolute atomic E-state index is 1.15. The summed E-state index contributed by atoms with van der Waals surface area (Å²) in [5, 5.41) is 12.5. The van der Waals surface area contributed by atoms with Gasteiger partial charge in [0.1, 0.15) is 0 Å². The number of hydrogen-bond acceptors (Lipinski definition) is 0. The Labute approximate surface area is 304 Å². The molecule has 0 aliphatic heterocycles. The van der Waals surface area contributed by atoms with E-state index in [9.17, 15) is 0 Å². The molecule has 0 saturated heterocycles. The molecular weight excluding hydrogens is 643 g/mol. The lowest BCUT2D eigenvalue weighted by Crippen LogP contribution is -1.97. The highest BCUT2D eigenvalue weighted by atomic mass is 15.0. The van der Waals surface area contributed by atoms with Gasteiger partial charge in [0.05, 0.1) is 38.8 Å². The molecule has 3 nitrogen and oxygen atoms in total. The van der Waals surface area contributed by atoms with E-state index in [0.717, 1.165) is 5.69 Å². The molecule has 12 rings (SSSR count). The second-order valence-electron chi connectivity index (χ2n) is 14.2. The zero-order chi connectivity index (χ0) is 34.6. The van der Waals surface area contributed by atoms with Crippen LogP contribution in [0.15, 0.2) is 188 Å². The maximum Gasteiger partial charge on any atom is 0.0562 e. The Morgan fingerprint density at radius 1 is 0.245 bits per heavy atom. The molecule has 0 aliphatic carbocycles. The maximum atomic E-state index is 2.45. The minimum Gasteiger partial charge on any atom is -0.309 e. The van der Waals surface area contributed by atoms with E-state index in [1.54, 1.807) is 0 Å². The Balaban J connectivity index is 1.11. The van der Waals surface area contributed by atoms with E-state index >= 15 is 0 Å². The summed E-state index contributed by atoms with van der Waals surface area (Å²) in [6.45, 7) is 0. The molecule has 3 aromatic heterocycles. The minimum atomic E-state index is 1.15. The van der Waals surface area contributed by atoms with Gasteiger partial charge in [-0.05, 0) is 100 Å². The molecule has 246 valence electrons. The molecule has 0 amide bonds. The van der Waals surface area contributed by atoms with Crippen LogP contribution in [0.2, 0.25) is 0 Å². The van der Waals surface area contributed by atoms with Crippen LogP contribution in [0.25, 0.3) is 104 Å². The standard InChI is InChI=1S/C50H31N3/c1-2-13-33-29-35-30-36(25-24-34(35)28-32(33)12-1)51-43-18-7-5-16-40(43)42-31-37(26-27-47(42)51)52-46-21-10-6-17-41(46)50-48(52)22-11-23-49(50)53-44-19-8-3-14-38(44)39-15-4-9-20-45(39)53/h1-31H. The topological polar surface area (TPSA) is 14.8 Å². The van der Waals surface area contributed by atoms with Gasteiger partial charge in [-0.1, -0.05) is 109 Å². The van der Waals surface area contributed by atoms with Crippen LogP contribution >= 0.6 is 0 Å². The van der Waals surface area contributed by atoms with Crippen molar-refractivity contribution in [2.24, 2.45) is 0 Å². The number of hydrogen-bond donors (Lipinski definition) is 0. The Hall–Kier alpha value is -7.10. The van der Waals surface area contributed by atoms with Gasteiger partial charge in [0.2, 0.25) is 0 Å². The summed E-state index contributed by atoms with van der Waals surface area (Å²) >= 11 is 0. The summed E-state index contributed by atoms with van der Waals surface area (Å²) < 4.78 is 7.33. The molecule has 3 heteroatoms. The van der Waals surface area contributed by atoms with Gasteiger partial charge >= 0.3 is 0 Å². The molecule has 0 N–H and O–H groups in total. The number of benzene rings is 9. The fraction of sp³-hybridized carbons (Fsp3) is 0. The normalized spacial score (nSPS) is 12.2. The Morgan fingerprint density at radius 2 is 0.698 bits per heavy atom. The summed E-state index contributed by atoms with van der Waals surface area (Å²) in [4.78, 5) is 0. The van der Waals surface area contributed by atoms with E-state index in [1.807, 2.05) is 0 Å². The summed E-state index contributed by atoms with van der Waals surface area (Å²) in [6.07, 6.45) is 0. The molecule has 53 heavy (non-hydrogen) atoms. The lowest BCUT2D eigenvalue weighted by Gasteiger charge is -2.12. The summed E-state index contributed by atoms with van der Waals surface area (Å²) in [7, 11) is 0. The number of nitrogens with zero attached hydrogens (tertiary/aromatic N) is 3. The molecular formula is C50H31N3. The van der Waals surface area contributed by atoms with Gasteiger partial charge in [-0.3, -0.25) is 0 Å². The van der Waals surface area contributed by atoms with Crippen molar-refractivity contribution in [1.29, 1.82) is 0 Å². The van der Waals surface area contributed by atoms with Crippen LogP contribution in [-0.2, 0) is 0 Å². The van der Waals surface area contributed by atoms with E-state index in [1.165, 1.54) is 98.3 Å². The quantitative estimate of drug-likeness (QED) is 0.166. The first-order chi connectivity index (χ1) is 26.3. The Morgan fingerprint density at radius 3 is 1.40 bits per heavy atom. The molecule has 0 fully saturated rings. The first-order valence-corrected chi connectivity index (χ1v) is 18.3. The highest BCUT2D eigenvalue weighted by Crippen LogP contribution is 2.41. The molecule has 0 unspecified atom stereocenters. The third-order valence-corrected chi connectivity index (χ3v) is 11.4. The van der Waals surface area contributed by atoms with Gasteiger partial charge in [-0.15, -0.1) is 0 Å². The second-order valence-corrected chi connectivity index (χ2v) is 14.2. The molecule has 12 aromatic rings. The molecule has 0 saturated carbocycles. The number of rotatable bonds is 3. The van der Waals surface area contributed by atoms with E-state index in [-0.39, 0.29) is 0 Å². The fourth-order valence-electron chi connectivity index (χ4n) is 9.09. The molecule has 0 atom stereocenters. The van der Waals surface area contributed by atoms with Crippen molar-refractivity contribution in [2.45, 2.75) is 0 Å². The van der Waals surface area contributed by atoms with Crippen LogP contribution in [0.5, 0.6) is 0 Å². The maximum absolute atomic E-state index is 2.45. The molecule has 0 bridgehead atoms. The van der Waals surface area contributed by atoms with Crippen LogP contribution in [0, 0.1) is 0 Å². The molecule has 0 radical (unpaired) electrons. The zero-order valence-electron chi connectivity index (χ0n) is 28.7. The van der Waals surface area contributed by atoms with E-state index in [4.69, 9.17) is 0 Å². The Kier molecular flexibility index (Phi) is 5.77. The molecule has 3 heterocycles. The van der Waals surface area contributed by atoms with Gasteiger partial charge in [0.25, 0.3) is 0 Å². The van der Waals surface area contributed by atoms with Gasteiger partial charge < -0.3 is 13.7 Å². The molecule has 9 aromatic carbocycles. The van der Waals surface area contributed by atoms with Crippen molar-refractivity contribution in [3.8, 4) is 17.1 Å². The van der Waals surface area contributed by atoms with Gasteiger partial charge in [-0.25, -0.2) is 0 Å². The summed E-state index contributed by atoms with van der Waals surface area (Å²) in [5.74, 6) is 0. The predicted octanol–water partition coefficient (Wildman–Crippen LogP) is 13.3. The van der Waals surface area contributed by atoms with Crippen molar-refractivity contribution in [3.63, 3.8) is 0 Å². The van der Waals surface area contributed by atoms with Gasteiger partial charge in [-0.2, -0.15) is 0 Å². The third-order valence-electron chi connectivity index (χ3n) is 11.4. The summed E-state index contributed by atoms with van der Waals surface area (Å²) in [5.41, 5.74) is 10.7. The molecule has 0 aliphatic rings. The highest BCUT2D eigenvalue weighted by molar-refractivity contribution is 6.17. The lowest BCUT2D eigenvalue weighted by molar-refractivity contribution is 1.16. The van der Waals surface area contributed by atoms with E-state index < -0.39 is 0 Å². The fourth-order valence-corrected chi connectivity index (χ4v) is 9.09. The van der Waals surface area contributed by atoms with Crippen LogP contribution in [-0.4, -0.2) is 13.7 Å². The van der Waals surface area contributed by atoms with Gasteiger partial charge in [0, 0.05) is 43.7 Å². The van der Waals surface area contributed by atoms with Crippen molar-refractivity contribution >= 4 is 87.0 Å². The number of para-hydroxylation sites is 4. The van der Waals surface area contributed by atoms with Crippen molar-refractivity contribution < 1.29 is 0 Å². The predicted molar refractivity (Wildman–Crippen MR) is 224 cm³/mol. The largest absolute Gasteiger partial charge is 0.309 e. The van der Waals surface area contributed by atoms with Crippen LogP contribution in [0.4, 0.5) is 0 Å². The van der Waals surface area contributed by atoms with Gasteiger partial charge in [0.15, 0.2) is 0 Å². The smallest absolute Gasteiger partial charge is 0.0562 e. The average molecular weight is 674 g/mol. The third kappa shape index (κ3) is 3.99. The highest BCUT2D eigenvalue weighted by Gasteiger charge is 2.20. The summed E-state index contributed by atoms with van der Waals surface area (Å²) in [6, 6.07) is 69.1. The van der Waals surface area contributed by atoms with Crippen LogP contribution in [0.1, 0.15) is 0 Å². The van der Waals surface area contributed by atoms with E-state index in [2.05, 4.69) is 202 Å². The first-order valence-electron chi connectivity index (χ1n) is 18.3. The van der Waals surface area contributed by atoms with Crippen molar-refractivity contribution in [2.75, 3.05) is 0 Å². The van der Waals surface area contributed by atoms with E-state index in [0.29, 0.717) is 0 Å². The number of aromatic nitrogens is 3. The van der Waals surface area contributed by atoms with Crippen LogP contribution in [0.3, 0.4) is 0 Å². The first kappa shape index (κ1) is 28.6. The monoisotopic (exact) mass is 673 g/mol. The lowest BCUT2D eigenvalue weighted by atomic mass is 10.0. The van der Waals surface area contributed by atoms with Crippen LogP contribution < -0.4 is 0 Å².